The fourth-order valence-corrected chi connectivity index (χ4v) is 3.30. The van der Waals surface area contributed by atoms with Gasteiger partial charge in [-0.25, -0.2) is 4.98 Å². The van der Waals surface area contributed by atoms with E-state index in [2.05, 4.69) is 10.3 Å². The average Bonchev–Trinajstić information content (AvgIpc) is 2.64. The van der Waals surface area contributed by atoms with Crippen molar-refractivity contribution in [1.82, 2.24) is 4.98 Å². The molecule has 0 radical (unpaired) electrons. The van der Waals surface area contributed by atoms with Crippen LogP contribution in [0.25, 0.3) is 0 Å². The number of carbonyl (C=O) groups excluding carboxylic acids is 1. The van der Waals surface area contributed by atoms with Gasteiger partial charge >= 0.3 is 0 Å². The van der Waals surface area contributed by atoms with Gasteiger partial charge in [0.15, 0.2) is 0 Å². The monoisotopic (exact) mass is 365 g/mol. The van der Waals surface area contributed by atoms with Crippen molar-refractivity contribution in [2.24, 2.45) is 0 Å². The first-order chi connectivity index (χ1) is 12.2. The highest BCUT2D eigenvalue weighted by molar-refractivity contribution is 7.99. The Balaban J connectivity index is 1.86. The number of aromatic nitrogens is 1. The van der Waals surface area contributed by atoms with Crippen LogP contribution in [0.3, 0.4) is 0 Å². The number of benzene rings is 2. The first kappa shape index (κ1) is 17.0. The zero-order valence-electron chi connectivity index (χ0n) is 12.9. The van der Waals surface area contributed by atoms with Gasteiger partial charge in [-0.3, -0.25) is 4.79 Å². The molecule has 0 saturated heterocycles. The first-order valence-corrected chi connectivity index (χ1v) is 8.56. The Bertz CT molecular complexity index is 969. The standard InChI is InChI=1S/C19H12ClN3OS/c20-16-8-1-2-9-17(16)25-19-15(7-4-10-22-19)18(24)23-14-6-3-5-13(11-14)12-21/h1-11H,(H,23,24). The maximum Gasteiger partial charge on any atom is 0.258 e. The topological polar surface area (TPSA) is 65.8 Å². The van der Waals surface area contributed by atoms with E-state index in [0.29, 0.717) is 26.9 Å². The predicted molar refractivity (Wildman–Crippen MR) is 98.9 cm³/mol. The summed E-state index contributed by atoms with van der Waals surface area (Å²) in [7, 11) is 0. The van der Waals surface area contributed by atoms with E-state index in [9.17, 15) is 4.79 Å². The van der Waals surface area contributed by atoms with Crippen LogP contribution in [-0.4, -0.2) is 10.9 Å². The maximum absolute atomic E-state index is 12.6. The van der Waals surface area contributed by atoms with Gasteiger partial charge in [0, 0.05) is 16.8 Å². The Labute approximate surface area is 154 Å². The predicted octanol–water partition coefficient (Wildman–Crippen LogP) is 5.01. The van der Waals surface area contributed by atoms with Gasteiger partial charge in [0.25, 0.3) is 5.91 Å². The molecule has 0 bridgehead atoms. The molecule has 122 valence electrons. The maximum atomic E-state index is 12.6. The van der Waals surface area contributed by atoms with E-state index in [1.54, 1.807) is 48.7 Å². The Morgan fingerprint density at radius 2 is 1.96 bits per heavy atom. The lowest BCUT2D eigenvalue weighted by Gasteiger charge is -2.10. The van der Waals surface area contributed by atoms with Gasteiger partial charge in [-0.15, -0.1) is 0 Å². The Hall–Kier alpha value is -2.81. The van der Waals surface area contributed by atoms with E-state index < -0.39 is 0 Å². The molecule has 0 fully saturated rings. The Morgan fingerprint density at radius 3 is 2.76 bits per heavy atom. The van der Waals surface area contributed by atoms with Crippen LogP contribution >= 0.6 is 23.4 Å². The molecule has 3 aromatic rings. The summed E-state index contributed by atoms with van der Waals surface area (Å²) >= 11 is 7.52. The summed E-state index contributed by atoms with van der Waals surface area (Å²) in [4.78, 5) is 17.8. The molecule has 4 nitrogen and oxygen atoms in total. The van der Waals surface area contributed by atoms with Crippen LogP contribution in [0.1, 0.15) is 15.9 Å². The smallest absolute Gasteiger partial charge is 0.258 e. The largest absolute Gasteiger partial charge is 0.322 e. The minimum Gasteiger partial charge on any atom is -0.322 e. The summed E-state index contributed by atoms with van der Waals surface area (Å²) in [5, 5.41) is 12.9. The number of halogens is 1. The highest BCUT2D eigenvalue weighted by Crippen LogP contribution is 2.33. The van der Waals surface area contributed by atoms with E-state index >= 15 is 0 Å². The first-order valence-electron chi connectivity index (χ1n) is 7.36. The van der Waals surface area contributed by atoms with E-state index in [4.69, 9.17) is 16.9 Å². The molecule has 0 saturated carbocycles. The molecule has 2 aromatic carbocycles. The lowest BCUT2D eigenvalue weighted by Crippen LogP contribution is -2.13. The summed E-state index contributed by atoms with van der Waals surface area (Å²) in [6.45, 7) is 0. The van der Waals surface area contributed by atoms with E-state index in [1.165, 1.54) is 11.8 Å². The van der Waals surface area contributed by atoms with E-state index in [-0.39, 0.29) is 5.91 Å². The molecule has 25 heavy (non-hydrogen) atoms. The van der Waals surface area contributed by atoms with Crippen LogP contribution in [0.2, 0.25) is 5.02 Å². The van der Waals surface area contributed by atoms with Crippen molar-refractivity contribution in [1.29, 1.82) is 5.26 Å². The van der Waals surface area contributed by atoms with Crippen LogP contribution in [0.15, 0.2) is 76.8 Å². The van der Waals surface area contributed by atoms with Gasteiger partial charge in [-0.2, -0.15) is 5.26 Å². The van der Waals surface area contributed by atoms with Crippen LogP contribution in [0, 0.1) is 11.3 Å². The second kappa shape index (κ2) is 7.84. The number of anilines is 1. The van der Waals surface area contributed by atoms with Crippen molar-refractivity contribution in [3.05, 3.63) is 83.0 Å². The molecule has 1 amide bonds. The summed E-state index contributed by atoms with van der Waals surface area (Å²) in [5.41, 5.74) is 1.48. The highest BCUT2D eigenvalue weighted by atomic mass is 35.5. The van der Waals surface area contributed by atoms with Crippen LogP contribution < -0.4 is 5.32 Å². The molecule has 0 aliphatic carbocycles. The van der Waals surface area contributed by atoms with Gasteiger partial charge in [-0.05, 0) is 42.5 Å². The second-order valence-electron chi connectivity index (χ2n) is 5.04. The van der Waals surface area contributed by atoms with Gasteiger partial charge < -0.3 is 5.32 Å². The van der Waals surface area contributed by atoms with Gasteiger partial charge in [0.1, 0.15) is 5.03 Å². The molecule has 1 N–H and O–H groups in total. The van der Waals surface area contributed by atoms with Gasteiger partial charge in [-0.1, -0.05) is 41.6 Å². The Kier molecular flexibility index (Phi) is 5.34. The highest BCUT2D eigenvalue weighted by Gasteiger charge is 2.15. The molecular weight excluding hydrogens is 354 g/mol. The van der Waals surface area contributed by atoms with Crippen molar-refractivity contribution >= 4 is 35.0 Å². The Morgan fingerprint density at radius 1 is 1.12 bits per heavy atom. The normalized spacial score (nSPS) is 10.1. The summed E-state index contributed by atoms with van der Waals surface area (Å²) in [6.07, 6.45) is 1.63. The average molecular weight is 366 g/mol. The zero-order chi connectivity index (χ0) is 17.6. The van der Waals surface area contributed by atoms with Crippen molar-refractivity contribution in [2.45, 2.75) is 9.92 Å². The third-order valence-corrected chi connectivity index (χ3v) is 4.84. The summed E-state index contributed by atoms with van der Waals surface area (Å²) in [5.74, 6) is -0.294. The lowest BCUT2D eigenvalue weighted by atomic mass is 10.2. The van der Waals surface area contributed by atoms with Crippen LogP contribution in [0.4, 0.5) is 5.69 Å². The number of pyridine rings is 1. The fraction of sp³-hybridized carbons (Fsp3) is 0. The van der Waals surface area contributed by atoms with Gasteiger partial charge in [0.2, 0.25) is 0 Å². The molecule has 1 aromatic heterocycles. The fourth-order valence-electron chi connectivity index (χ4n) is 2.14. The third-order valence-electron chi connectivity index (χ3n) is 3.31. The molecule has 6 heteroatoms. The molecule has 0 aliphatic rings. The molecular formula is C19H12ClN3OS. The van der Waals surface area contributed by atoms with Gasteiger partial charge in [0.05, 0.1) is 22.2 Å². The summed E-state index contributed by atoms with van der Waals surface area (Å²) in [6, 6.07) is 19.6. The lowest BCUT2D eigenvalue weighted by molar-refractivity contribution is 0.102. The number of nitrogens with one attached hydrogen (secondary N) is 1. The van der Waals surface area contributed by atoms with Crippen LogP contribution in [-0.2, 0) is 0 Å². The van der Waals surface area contributed by atoms with E-state index in [1.807, 2.05) is 24.3 Å². The number of hydrogen-bond donors (Lipinski definition) is 1. The number of nitrogens with zero attached hydrogens (tertiary/aromatic N) is 2. The number of amides is 1. The molecule has 1 heterocycles. The second-order valence-corrected chi connectivity index (χ2v) is 6.47. The third kappa shape index (κ3) is 4.18. The number of carbonyl (C=O) groups is 1. The van der Waals surface area contributed by atoms with Crippen molar-refractivity contribution in [2.75, 3.05) is 5.32 Å². The quantitative estimate of drug-likeness (QED) is 0.705. The van der Waals surface area contributed by atoms with Crippen molar-refractivity contribution < 1.29 is 4.79 Å². The molecule has 0 aliphatic heterocycles. The minimum atomic E-state index is -0.294. The molecule has 0 atom stereocenters. The minimum absolute atomic E-state index is 0.294. The number of nitriles is 1. The molecule has 0 spiro atoms. The van der Waals surface area contributed by atoms with E-state index in [0.717, 1.165) is 4.90 Å². The van der Waals surface area contributed by atoms with Crippen molar-refractivity contribution in [3.63, 3.8) is 0 Å². The van der Waals surface area contributed by atoms with Crippen molar-refractivity contribution in [3.8, 4) is 6.07 Å². The van der Waals surface area contributed by atoms with Crippen LogP contribution in [0.5, 0.6) is 0 Å². The number of rotatable bonds is 4. The molecule has 0 unspecified atom stereocenters. The number of hydrogen-bond acceptors (Lipinski definition) is 4. The zero-order valence-corrected chi connectivity index (χ0v) is 14.5. The molecule has 3 rings (SSSR count). The summed E-state index contributed by atoms with van der Waals surface area (Å²) < 4.78 is 0. The SMILES string of the molecule is N#Cc1cccc(NC(=O)c2cccnc2Sc2ccccc2Cl)c1.